The van der Waals surface area contributed by atoms with E-state index in [2.05, 4.69) is 13.8 Å². The lowest BCUT2D eigenvalue weighted by atomic mass is 9.93. The van der Waals surface area contributed by atoms with E-state index >= 15 is 0 Å². The lowest BCUT2D eigenvalue weighted by Gasteiger charge is -2.31. The van der Waals surface area contributed by atoms with Gasteiger partial charge >= 0.3 is 0 Å². The molecule has 4 N–H and O–H groups in total. The first-order chi connectivity index (χ1) is 8.28. The lowest BCUT2D eigenvalue weighted by Crippen LogP contribution is -2.37. The lowest BCUT2D eigenvalue weighted by molar-refractivity contribution is 0.100. The highest BCUT2D eigenvalue weighted by Gasteiger charge is 2.22. The number of amides is 1. The Morgan fingerprint density at radius 1 is 1.44 bits per heavy atom. The normalized spacial score (nSPS) is 11.4. The SMILES string of the molecule is CN(CC(C)(C)CN)c1cccc(Cl)c1C(N)=O. The van der Waals surface area contributed by atoms with Crippen LogP contribution < -0.4 is 16.4 Å². The third kappa shape index (κ3) is 3.37. The largest absolute Gasteiger partial charge is 0.373 e. The topological polar surface area (TPSA) is 72.3 Å². The number of hydrogen-bond donors (Lipinski definition) is 2. The van der Waals surface area contributed by atoms with Gasteiger partial charge in [-0.05, 0) is 24.1 Å². The molecule has 0 atom stereocenters. The monoisotopic (exact) mass is 269 g/mol. The summed E-state index contributed by atoms with van der Waals surface area (Å²) in [5.41, 5.74) is 12.1. The molecule has 4 nitrogen and oxygen atoms in total. The van der Waals surface area contributed by atoms with Gasteiger partial charge in [-0.15, -0.1) is 0 Å². The van der Waals surface area contributed by atoms with Crippen LogP contribution in [0.25, 0.3) is 0 Å². The van der Waals surface area contributed by atoms with Crippen molar-refractivity contribution in [2.45, 2.75) is 13.8 Å². The molecule has 0 aliphatic rings. The van der Waals surface area contributed by atoms with Gasteiger partial charge in [0.1, 0.15) is 0 Å². The van der Waals surface area contributed by atoms with Crippen LogP contribution in [0.1, 0.15) is 24.2 Å². The van der Waals surface area contributed by atoms with Gasteiger partial charge in [-0.25, -0.2) is 0 Å². The quantitative estimate of drug-likeness (QED) is 0.857. The van der Waals surface area contributed by atoms with Crippen LogP contribution in [0.4, 0.5) is 5.69 Å². The molecule has 1 amide bonds. The minimum atomic E-state index is -0.520. The fourth-order valence-electron chi connectivity index (χ4n) is 1.87. The zero-order chi connectivity index (χ0) is 13.9. The molecular weight excluding hydrogens is 250 g/mol. The van der Waals surface area contributed by atoms with Gasteiger partial charge in [0.15, 0.2) is 0 Å². The van der Waals surface area contributed by atoms with Crippen LogP contribution in [-0.4, -0.2) is 26.0 Å². The second-order valence-corrected chi connectivity index (χ2v) is 5.63. The van der Waals surface area contributed by atoms with Gasteiger partial charge in [-0.1, -0.05) is 31.5 Å². The van der Waals surface area contributed by atoms with E-state index in [9.17, 15) is 4.79 Å². The molecule has 0 aromatic heterocycles. The van der Waals surface area contributed by atoms with Gasteiger partial charge in [-0.2, -0.15) is 0 Å². The maximum Gasteiger partial charge on any atom is 0.252 e. The Hall–Kier alpha value is -1.26. The fraction of sp³-hybridized carbons (Fsp3) is 0.462. The maximum atomic E-state index is 11.5. The predicted molar refractivity (Wildman–Crippen MR) is 76.1 cm³/mol. The van der Waals surface area contributed by atoms with E-state index in [4.69, 9.17) is 23.1 Å². The molecule has 0 bridgehead atoms. The number of carbonyl (C=O) groups excluding carboxylic acids is 1. The number of benzene rings is 1. The standard InChI is InChI=1S/C13H20ClN3O/c1-13(2,7-15)8-17(3)10-6-4-5-9(14)11(10)12(16)18/h4-6H,7-8,15H2,1-3H3,(H2,16,18). The summed E-state index contributed by atoms with van der Waals surface area (Å²) in [5, 5.41) is 0.373. The average molecular weight is 270 g/mol. The summed E-state index contributed by atoms with van der Waals surface area (Å²) < 4.78 is 0. The Morgan fingerprint density at radius 2 is 2.06 bits per heavy atom. The number of nitrogens with zero attached hydrogens (tertiary/aromatic N) is 1. The molecule has 0 fully saturated rings. The van der Waals surface area contributed by atoms with Crippen LogP contribution in [0.5, 0.6) is 0 Å². The van der Waals surface area contributed by atoms with E-state index in [1.54, 1.807) is 12.1 Å². The summed E-state index contributed by atoms with van der Waals surface area (Å²) in [6, 6.07) is 5.29. The first-order valence-corrected chi connectivity index (χ1v) is 6.16. The van der Waals surface area contributed by atoms with Crippen LogP contribution in [-0.2, 0) is 0 Å². The Labute approximate surface area is 113 Å². The first kappa shape index (κ1) is 14.8. The van der Waals surface area contributed by atoms with Crippen molar-refractivity contribution >= 4 is 23.2 Å². The summed E-state index contributed by atoms with van der Waals surface area (Å²) in [5.74, 6) is -0.520. The minimum Gasteiger partial charge on any atom is -0.373 e. The Bertz CT molecular complexity index is 446. The summed E-state index contributed by atoms with van der Waals surface area (Å²) >= 11 is 6.02. The molecule has 0 unspecified atom stereocenters. The van der Waals surface area contributed by atoms with E-state index in [-0.39, 0.29) is 5.41 Å². The van der Waals surface area contributed by atoms with Crippen LogP contribution in [0.3, 0.4) is 0 Å². The highest BCUT2D eigenvalue weighted by molar-refractivity contribution is 6.34. The Kier molecular flexibility index (Phi) is 4.59. The number of hydrogen-bond acceptors (Lipinski definition) is 3. The first-order valence-electron chi connectivity index (χ1n) is 5.78. The van der Waals surface area contributed by atoms with Crippen molar-refractivity contribution in [3.8, 4) is 0 Å². The second kappa shape index (κ2) is 5.59. The molecule has 1 rings (SSSR count). The van der Waals surface area contributed by atoms with Gasteiger partial charge in [0.2, 0.25) is 0 Å². The molecule has 0 spiro atoms. The Morgan fingerprint density at radius 3 is 2.56 bits per heavy atom. The predicted octanol–water partition coefficient (Wildman–Crippen LogP) is 1.86. The third-order valence-electron chi connectivity index (χ3n) is 2.87. The van der Waals surface area contributed by atoms with Crippen molar-refractivity contribution < 1.29 is 4.79 Å². The molecule has 0 saturated carbocycles. The zero-order valence-electron chi connectivity index (χ0n) is 11.0. The number of halogens is 1. The molecule has 0 heterocycles. The van der Waals surface area contributed by atoms with Crippen molar-refractivity contribution in [3.05, 3.63) is 28.8 Å². The summed E-state index contributed by atoms with van der Waals surface area (Å²) in [4.78, 5) is 13.4. The number of carbonyl (C=O) groups is 1. The van der Waals surface area contributed by atoms with Crippen molar-refractivity contribution in [3.63, 3.8) is 0 Å². The van der Waals surface area contributed by atoms with E-state index in [0.29, 0.717) is 23.7 Å². The van der Waals surface area contributed by atoms with Crippen molar-refractivity contribution in [1.82, 2.24) is 0 Å². The van der Waals surface area contributed by atoms with Gasteiger partial charge in [0.05, 0.1) is 16.3 Å². The zero-order valence-corrected chi connectivity index (χ0v) is 11.8. The molecule has 0 radical (unpaired) electrons. The molecular formula is C13H20ClN3O. The van der Waals surface area contributed by atoms with Crippen LogP contribution in [0, 0.1) is 5.41 Å². The highest BCUT2D eigenvalue weighted by Crippen LogP contribution is 2.28. The summed E-state index contributed by atoms with van der Waals surface area (Å²) in [7, 11) is 1.90. The third-order valence-corrected chi connectivity index (χ3v) is 3.18. The summed E-state index contributed by atoms with van der Waals surface area (Å²) in [6.07, 6.45) is 0. The Balaban J connectivity index is 3.10. The van der Waals surface area contributed by atoms with Gasteiger partial charge in [0.25, 0.3) is 5.91 Å². The van der Waals surface area contributed by atoms with Gasteiger partial charge in [-0.3, -0.25) is 4.79 Å². The molecule has 1 aromatic rings. The smallest absolute Gasteiger partial charge is 0.252 e. The van der Waals surface area contributed by atoms with Crippen LogP contribution in [0.2, 0.25) is 5.02 Å². The fourth-order valence-corrected chi connectivity index (χ4v) is 2.13. The molecule has 18 heavy (non-hydrogen) atoms. The van der Waals surface area contributed by atoms with E-state index in [1.807, 2.05) is 18.0 Å². The second-order valence-electron chi connectivity index (χ2n) is 5.22. The van der Waals surface area contributed by atoms with Gasteiger partial charge in [0, 0.05) is 13.6 Å². The van der Waals surface area contributed by atoms with E-state index in [0.717, 1.165) is 5.69 Å². The van der Waals surface area contributed by atoms with Crippen molar-refractivity contribution in [2.24, 2.45) is 16.9 Å². The number of primary amides is 1. The van der Waals surface area contributed by atoms with Crippen LogP contribution in [0.15, 0.2) is 18.2 Å². The maximum absolute atomic E-state index is 11.5. The highest BCUT2D eigenvalue weighted by atomic mass is 35.5. The summed E-state index contributed by atoms with van der Waals surface area (Å²) in [6.45, 7) is 5.41. The van der Waals surface area contributed by atoms with Crippen LogP contribution >= 0.6 is 11.6 Å². The van der Waals surface area contributed by atoms with Gasteiger partial charge < -0.3 is 16.4 Å². The number of rotatable bonds is 5. The average Bonchev–Trinajstić information content (AvgIpc) is 2.27. The minimum absolute atomic E-state index is 0.0496. The molecule has 0 aliphatic carbocycles. The molecule has 100 valence electrons. The molecule has 5 heteroatoms. The number of nitrogens with two attached hydrogens (primary N) is 2. The van der Waals surface area contributed by atoms with Crippen molar-refractivity contribution in [1.29, 1.82) is 0 Å². The molecule has 1 aromatic carbocycles. The molecule has 0 aliphatic heterocycles. The van der Waals surface area contributed by atoms with Crippen molar-refractivity contribution in [2.75, 3.05) is 25.0 Å². The molecule has 0 saturated heterocycles. The number of anilines is 1. The van der Waals surface area contributed by atoms with E-state index < -0.39 is 5.91 Å². The van der Waals surface area contributed by atoms with E-state index in [1.165, 1.54) is 0 Å².